The number of phosphoric acid groups is 2. The quantitative estimate of drug-likeness (QED) is 0.0364. The van der Waals surface area contributed by atoms with Crippen LogP contribution >= 0.6 is 30.8 Å². The summed E-state index contributed by atoms with van der Waals surface area (Å²) in [4.78, 5) is 64.3. The zero-order valence-corrected chi connectivity index (χ0v) is 31.7. The van der Waals surface area contributed by atoms with Gasteiger partial charge < -0.3 is 56.0 Å². The number of imidazole rings is 2. The zero-order valence-electron chi connectivity index (χ0n) is 28.1. The smallest absolute Gasteiger partial charge is 0.394 e. The number of nitrogens with one attached hydrogen (secondary N) is 1. The van der Waals surface area contributed by atoms with Crippen LogP contribution in [0.25, 0.3) is 22.3 Å². The van der Waals surface area contributed by atoms with Crippen molar-refractivity contribution in [1.29, 1.82) is 0 Å². The van der Waals surface area contributed by atoms with Crippen LogP contribution in [0.5, 0.6) is 0 Å². The van der Waals surface area contributed by atoms with Crippen LogP contribution < -0.4 is 17.0 Å². The fourth-order valence-electron chi connectivity index (χ4n) is 4.42. The molecule has 0 aliphatic heterocycles. The number of fused-ring (bicyclic) bond motifs is 2. The van der Waals surface area contributed by atoms with Crippen LogP contribution in [0.15, 0.2) is 23.8 Å². The van der Waals surface area contributed by atoms with Gasteiger partial charge in [-0.15, -0.1) is 0 Å². The highest BCUT2D eigenvalue weighted by molar-refractivity contribution is 7.76. The molecule has 33 heteroatoms. The average Bonchev–Trinajstić information content (AvgIpc) is 3.73. The number of phosphoric ester groups is 2. The van der Waals surface area contributed by atoms with Crippen molar-refractivity contribution in [2.45, 2.75) is 24.7 Å². The van der Waals surface area contributed by atoms with Crippen molar-refractivity contribution in [1.82, 2.24) is 39.0 Å². The van der Waals surface area contributed by atoms with E-state index in [9.17, 15) is 58.2 Å². The highest BCUT2D eigenvalue weighted by Gasteiger charge is 2.45. The molecule has 0 aliphatic rings. The molecule has 4 rings (SSSR count). The van der Waals surface area contributed by atoms with Crippen LogP contribution in [0.2, 0.25) is 0 Å². The highest BCUT2D eigenvalue weighted by atomic mass is 31.3. The number of nitrogens with two attached hydrogens (primary N) is 2. The largest absolute Gasteiger partial charge is 0.481 e. The number of aromatic nitrogens is 8. The third-order valence-corrected chi connectivity index (χ3v) is 14.7. The molecular weight excluding hydrogens is 832 g/mol. The number of anilines is 2. The van der Waals surface area contributed by atoms with E-state index >= 15 is 0 Å². The molecule has 0 amide bonds. The van der Waals surface area contributed by atoms with Gasteiger partial charge in [0, 0.05) is 7.11 Å². The standard InChI is InChI=1S/C22H36N10O19P4/c1-45-55(44,47-7-13(3-34)49-15(5-36)32-10-28-17-20(32)29-22(24)30-21(17)37)51-53(40,41)11-52(38,39)50-54(42,43)46-6-12(2-33)48-14(4-35)31-9-27-16-18(23)25-8-26-19(16)31/h8-10,12-15,33-36H,2-7,11H2,1H3,(H,38,39)(H,40,41)(H,42,43)(H2,23,25,26)(H3,24,29,30,37). The van der Waals surface area contributed by atoms with Gasteiger partial charge in [-0.2, -0.15) is 4.98 Å². The van der Waals surface area contributed by atoms with Crippen LogP contribution in [0, 0.1) is 0 Å². The molecule has 308 valence electrons. The molecule has 0 saturated carbocycles. The Morgan fingerprint density at radius 3 is 1.87 bits per heavy atom. The van der Waals surface area contributed by atoms with Crippen LogP contribution in [-0.2, 0) is 49.9 Å². The number of aliphatic hydroxyl groups is 4. The Morgan fingerprint density at radius 2 is 1.31 bits per heavy atom. The van der Waals surface area contributed by atoms with Crippen molar-refractivity contribution in [2.24, 2.45) is 0 Å². The van der Waals surface area contributed by atoms with Crippen molar-refractivity contribution < 1.29 is 85.0 Å². The number of nitrogen functional groups attached to an aromatic ring is 2. The van der Waals surface area contributed by atoms with Crippen LogP contribution in [0.4, 0.5) is 11.8 Å². The van der Waals surface area contributed by atoms with Gasteiger partial charge >= 0.3 is 30.8 Å². The number of hydrogen-bond donors (Lipinski definition) is 10. The molecule has 0 aromatic carbocycles. The first kappa shape index (κ1) is 44.6. The van der Waals surface area contributed by atoms with Crippen LogP contribution in [0.1, 0.15) is 12.5 Å². The fraction of sp³-hybridized carbons (Fsp3) is 0.545. The van der Waals surface area contributed by atoms with Crippen molar-refractivity contribution in [3.63, 3.8) is 0 Å². The minimum atomic E-state index is -5.66. The number of nitrogens with zero attached hydrogens (tertiary/aromatic N) is 7. The molecule has 4 aromatic heterocycles. The lowest BCUT2D eigenvalue weighted by molar-refractivity contribution is -0.109. The van der Waals surface area contributed by atoms with E-state index in [1.54, 1.807) is 0 Å². The second kappa shape index (κ2) is 18.4. The Balaban J connectivity index is 1.34. The van der Waals surface area contributed by atoms with Gasteiger partial charge in [0.1, 0.15) is 24.1 Å². The van der Waals surface area contributed by atoms with Gasteiger partial charge in [-0.3, -0.25) is 41.6 Å². The predicted molar refractivity (Wildman–Crippen MR) is 181 cm³/mol. The van der Waals surface area contributed by atoms with E-state index in [1.807, 2.05) is 0 Å². The lowest BCUT2D eigenvalue weighted by Crippen LogP contribution is -2.30. The first-order chi connectivity index (χ1) is 25.8. The summed E-state index contributed by atoms with van der Waals surface area (Å²) in [5, 5.41) is 39.3. The van der Waals surface area contributed by atoms with E-state index in [0.717, 1.165) is 17.2 Å². The number of H-pyrrole nitrogens is 1. The third-order valence-electron chi connectivity index (χ3n) is 6.76. The molecule has 0 fully saturated rings. The van der Waals surface area contributed by atoms with Gasteiger partial charge in [-0.1, -0.05) is 0 Å². The molecule has 12 N–H and O–H groups in total. The van der Waals surface area contributed by atoms with E-state index < -0.39 is 107 Å². The summed E-state index contributed by atoms with van der Waals surface area (Å²) in [5.41, 5.74) is 10.5. The van der Waals surface area contributed by atoms with Gasteiger partial charge in [-0.05, 0) is 0 Å². The Labute approximate surface area is 307 Å². The molecule has 0 spiro atoms. The summed E-state index contributed by atoms with van der Waals surface area (Å²) in [7, 11) is -21.4. The Bertz CT molecular complexity index is 2190. The maximum atomic E-state index is 13.0. The van der Waals surface area contributed by atoms with E-state index in [0.29, 0.717) is 7.11 Å². The van der Waals surface area contributed by atoms with E-state index in [-0.39, 0.29) is 34.1 Å². The molecule has 0 radical (unpaired) electrons. The minimum absolute atomic E-state index is 0.00394. The maximum absolute atomic E-state index is 13.0. The van der Waals surface area contributed by atoms with Gasteiger partial charge in [0.15, 0.2) is 41.0 Å². The van der Waals surface area contributed by atoms with Crippen molar-refractivity contribution in [2.75, 3.05) is 64.1 Å². The fourth-order valence-corrected chi connectivity index (χ4v) is 11.6. The Morgan fingerprint density at radius 1 is 0.764 bits per heavy atom. The number of rotatable bonds is 23. The van der Waals surface area contributed by atoms with Gasteiger partial charge in [0.2, 0.25) is 5.95 Å². The number of aromatic amines is 1. The predicted octanol–water partition coefficient (Wildman–Crippen LogP) is -1.89. The molecule has 4 heterocycles. The van der Waals surface area contributed by atoms with Crippen LogP contribution in [-0.4, -0.2) is 139 Å². The SMILES string of the molecule is COP(=O)(OCC(CO)OC(CO)n1cnc2c(=O)[nH]c(N)nc21)OP(=O)(O)CP(=O)(O)OP(=O)(O)OCC(CO)OC(CO)n1cnc2c(N)ncnc21. The molecule has 55 heavy (non-hydrogen) atoms. The third kappa shape index (κ3) is 11.7. The summed E-state index contributed by atoms with van der Waals surface area (Å²) in [6, 6.07) is 0. The van der Waals surface area contributed by atoms with Crippen LogP contribution in [0.3, 0.4) is 0 Å². The van der Waals surface area contributed by atoms with Gasteiger partial charge in [-0.25, -0.2) is 37.7 Å². The monoisotopic (exact) mass is 868 g/mol. The molecule has 0 aliphatic carbocycles. The van der Waals surface area contributed by atoms with E-state index in [4.69, 9.17) is 25.5 Å². The second-order valence-corrected chi connectivity index (χ2v) is 18.5. The molecule has 8 atom stereocenters. The zero-order chi connectivity index (χ0) is 40.8. The topological polar surface area (TPSA) is 434 Å². The van der Waals surface area contributed by atoms with E-state index in [2.05, 4.69) is 47.6 Å². The molecule has 0 bridgehead atoms. The molecule has 0 saturated heterocycles. The van der Waals surface area contributed by atoms with Crippen molar-refractivity contribution in [3.05, 3.63) is 29.3 Å². The molecule has 4 aromatic rings. The molecule has 8 unspecified atom stereocenters. The second-order valence-electron chi connectivity index (χ2n) is 10.8. The van der Waals surface area contributed by atoms with Crippen molar-refractivity contribution >= 4 is 64.9 Å². The van der Waals surface area contributed by atoms with Gasteiger partial charge in [0.05, 0.1) is 52.3 Å². The lowest BCUT2D eigenvalue weighted by atomic mass is 10.4. The highest BCUT2D eigenvalue weighted by Crippen LogP contribution is 2.71. The average molecular weight is 868 g/mol. The van der Waals surface area contributed by atoms with Crippen molar-refractivity contribution in [3.8, 4) is 0 Å². The number of hydrogen-bond acceptors (Lipinski definition) is 23. The summed E-state index contributed by atoms with van der Waals surface area (Å²) >= 11 is 0. The summed E-state index contributed by atoms with van der Waals surface area (Å²) in [6.45, 7) is -5.33. The summed E-state index contributed by atoms with van der Waals surface area (Å²) in [5.74, 6) is -2.27. The Hall–Kier alpha value is -3.14. The Kier molecular flexibility index (Phi) is 14.9. The summed E-state index contributed by atoms with van der Waals surface area (Å²) in [6.07, 6.45) is -2.42. The van der Waals surface area contributed by atoms with Gasteiger partial charge in [0.25, 0.3) is 5.56 Å². The lowest BCUT2D eigenvalue weighted by Gasteiger charge is -2.26. The number of ether oxygens (including phenoxy) is 2. The normalized spacial score (nSPS) is 18.9. The van der Waals surface area contributed by atoms with E-state index in [1.165, 1.54) is 10.9 Å². The molecule has 29 nitrogen and oxygen atoms in total. The molecular formula is C22H36N10O19P4. The first-order valence-corrected chi connectivity index (χ1v) is 21.5. The maximum Gasteiger partial charge on any atom is 0.481 e. The summed E-state index contributed by atoms with van der Waals surface area (Å²) < 4.78 is 87.0. The number of aliphatic hydroxyl groups excluding tert-OH is 4. The first-order valence-electron chi connectivity index (χ1n) is 15.0. The minimum Gasteiger partial charge on any atom is -0.394 e.